The van der Waals surface area contributed by atoms with Gasteiger partial charge < -0.3 is 20.1 Å². The molecule has 0 aliphatic rings. The summed E-state index contributed by atoms with van der Waals surface area (Å²) in [4.78, 5) is 13.7. The Morgan fingerprint density at radius 1 is 1.44 bits per heavy atom. The number of rotatable bonds is 5. The maximum absolute atomic E-state index is 11.8. The van der Waals surface area contributed by atoms with Gasteiger partial charge in [0, 0.05) is 21.2 Å². The molecule has 5 heteroatoms. The average Bonchev–Trinajstić information content (AvgIpc) is 2.28. The van der Waals surface area contributed by atoms with Crippen LogP contribution >= 0.6 is 0 Å². The molecule has 0 aliphatic heterocycles. The first kappa shape index (κ1) is 14.3. The Hall–Kier alpha value is -1.75. The van der Waals surface area contributed by atoms with Gasteiger partial charge in [-0.2, -0.15) is 0 Å². The standard InChI is InChI=1S/C13H20N2O3/c1-9(8-17-4)18-13(16)10-5-6-12(15(2)3)11(14)7-10/h5-7,9H,8,14H2,1-4H3. The highest BCUT2D eigenvalue weighted by Gasteiger charge is 2.13. The van der Waals surface area contributed by atoms with E-state index in [1.54, 1.807) is 32.2 Å². The number of carbonyl (C=O) groups is 1. The normalized spacial score (nSPS) is 12.0. The Bertz CT molecular complexity index is 419. The number of nitrogens with two attached hydrogens (primary N) is 1. The number of ether oxygens (including phenoxy) is 2. The summed E-state index contributed by atoms with van der Waals surface area (Å²) in [5.74, 6) is -0.392. The lowest BCUT2D eigenvalue weighted by Gasteiger charge is -2.16. The van der Waals surface area contributed by atoms with Gasteiger partial charge in [0.05, 0.1) is 23.5 Å². The van der Waals surface area contributed by atoms with Gasteiger partial charge in [-0.3, -0.25) is 0 Å². The molecule has 0 aliphatic carbocycles. The van der Waals surface area contributed by atoms with E-state index in [9.17, 15) is 4.79 Å². The number of nitrogens with zero attached hydrogens (tertiary/aromatic N) is 1. The predicted molar refractivity (Wildman–Crippen MR) is 71.9 cm³/mol. The van der Waals surface area contributed by atoms with E-state index in [1.165, 1.54) is 0 Å². The summed E-state index contributed by atoms with van der Waals surface area (Å²) in [5.41, 5.74) is 7.74. The zero-order valence-corrected chi connectivity index (χ0v) is 11.3. The van der Waals surface area contributed by atoms with Crippen LogP contribution in [0, 0.1) is 0 Å². The average molecular weight is 252 g/mol. The van der Waals surface area contributed by atoms with E-state index in [4.69, 9.17) is 15.2 Å². The highest BCUT2D eigenvalue weighted by molar-refractivity contribution is 5.92. The van der Waals surface area contributed by atoms with Gasteiger partial charge >= 0.3 is 5.97 Å². The van der Waals surface area contributed by atoms with Gasteiger partial charge in [-0.05, 0) is 25.1 Å². The topological polar surface area (TPSA) is 64.8 Å². The zero-order valence-electron chi connectivity index (χ0n) is 11.3. The second kappa shape index (κ2) is 6.26. The fraction of sp³-hybridized carbons (Fsp3) is 0.462. The third-order valence-corrected chi connectivity index (χ3v) is 2.45. The lowest BCUT2D eigenvalue weighted by Crippen LogP contribution is -2.20. The molecule has 1 rings (SSSR count). The molecular formula is C13H20N2O3. The Kier molecular flexibility index (Phi) is 4.97. The molecular weight excluding hydrogens is 232 g/mol. The Balaban J connectivity index is 2.78. The molecule has 1 aromatic rings. The van der Waals surface area contributed by atoms with E-state index in [0.717, 1.165) is 5.69 Å². The van der Waals surface area contributed by atoms with Crippen LogP contribution in [-0.2, 0) is 9.47 Å². The molecule has 1 aromatic carbocycles. The smallest absolute Gasteiger partial charge is 0.338 e. The van der Waals surface area contributed by atoms with Crippen LogP contribution in [0.5, 0.6) is 0 Å². The second-order valence-electron chi connectivity index (χ2n) is 4.34. The number of benzene rings is 1. The highest BCUT2D eigenvalue weighted by Crippen LogP contribution is 2.22. The highest BCUT2D eigenvalue weighted by atomic mass is 16.6. The van der Waals surface area contributed by atoms with Crippen LogP contribution in [0.4, 0.5) is 11.4 Å². The molecule has 5 nitrogen and oxygen atoms in total. The minimum Gasteiger partial charge on any atom is -0.457 e. The monoisotopic (exact) mass is 252 g/mol. The van der Waals surface area contributed by atoms with Crippen molar-refractivity contribution in [3.63, 3.8) is 0 Å². The fourth-order valence-electron chi connectivity index (χ4n) is 1.61. The van der Waals surface area contributed by atoms with Gasteiger partial charge in [-0.15, -0.1) is 0 Å². The van der Waals surface area contributed by atoms with Gasteiger partial charge in [-0.1, -0.05) is 0 Å². The molecule has 1 atom stereocenters. The van der Waals surface area contributed by atoms with Gasteiger partial charge in [-0.25, -0.2) is 4.79 Å². The molecule has 0 saturated heterocycles. The zero-order chi connectivity index (χ0) is 13.7. The van der Waals surface area contributed by atoms with Gasteiger partial charge in [0.25, 0.3) is 0 Å². The van der Waals surface area contributed by atoms with Crippen molar-refractivity contribution in [2.45, 2.75) is 13.0 Å². The lowest BCUT2D eigenvalue weighted by molar-refractivity contribution is 0.0120. The summed E-state index contributed by atoms with van der Waals surface area (Å²) < 4.78 is 10.1. The maximum atomic E-state index is 11.8. The lowest BCUT2D eigenvalue weighted by atomic mass is 10.1. The summed E-state index contributed by atoms with van der Waals surface area (Å²) >= 11 is 0. The number of methoxy groups -OCH3 is 1. The van der Waals surface area contributed by atoms with Crippen molar-refractivity contribution in [1.29, 1.82) is 0 Å². The number of esters is 1. The quantitative estimate of drug-likeness (QED) is 0.636. The SMILES string of the molecule is COCC(C)OC(=O)c1ccc(N(C)C)c(N)c1. The maximum Gasteiger partial charge on any atom is 0.338 e. The van der Waals surface area contributed by atoms with Crippen molar-refractivity contribution in [1.82, 2.24) is 0 Å². The number of nitrogen functional groups attached to an aromatic ring is 1. The fourth-order valence-corrected chi connectivity index (χ4v) is 1.61. The van der Waals surface area contributed by atoms with Gasteiger partial charge in [0.2, 0.25) is 0 Å². The van der Waals surface area contributed by atoms with Crippen molar-refractivity contribution in [2.24, 2.45) is 0 Å². The molecule has 1 unspecified atom stereocenters. The van der Waals surface area contributed by atoms with Gasteiger partial charge in [0.1, 0.15) is 6.10 Å². The van der Waals surface area contributed by atoms with Crippen molar-refractivity contribution in [3.05, 3.63) is 23.8 Å². The Morgan fingerprint density at radius 2 is 2.11 bits per heavy atom. The number of hydrogen-bond donors (Lipinski definition) is 1. The van der Waals surface area contributed by atoms with E-state index in [0.29, 0.717) is 17.9 Å². The molecule has 0 radical (unpaired) electrons. The molecule has 0 amide bonds. The molecule has 0 spiro atoms. The minimum atomic E-state index is -0.392. The Morgan fingerprint density at radius 3 is 2.61 bits per heavy atom. The van der Waals surface area contributed by atoms with Crippen LogP contribution in [0.25, 0.3) is 0 Å². The summed E-state index contributed by atoms with van der Waals surface area (Å²) in [6.45, 7) is 2.15. The third kappa shape index (κ3) is 3.63. The van der Waals surface area contributed by atoms with Crippen molar-refractivity contribution in [2.75, 3.05) is 38.4 Å². The first-order valence-corrected chi connectivity index (χ1v) is 5.72. The van der Waals surface area contributed by atoms with Crippen LogP contribution in [-0.4, -0.2) is 39.9 Å². The number of carbonyl (C=O) groups excluding carboxylic acids is 1. The molecule has 0 saturated carbocycles. The van der Waals surface area contributed by atoms with E-state index < -0.39 is 5.97 Å². The van der Waals surface area contributed by atoms with Crippen molar-refractivity contribution < 1.29 is 14.3 Å². The molecule has 0 aromatic heterocycles. The van der Waals surface area contributed by atoms with Crippen molar-refractivity contribution >= 4 is 17.3 Å². The second-order valence-corrected chi connectivity index (χ2v) is 4.34. The van der Waals surface area contributed by atoms with E-state index in [-0.39, 0.29) is 6.10 Å². The Labute approximate surface area is 107 Å². The van der Waals surface area contributed by atoms with E-state index in [2.05, 4.69) is 0 Å². The predicted octanol–water partition coefficient (Wildman–Crippen LogP) is 1.53. The summed E-state index contributed by atoms with van der Waals surface area (Å²) in [5, 5.41) is 0. The first-order valence-electron chi connectivity index (χ1n) is 5.72. The number of anilines is 2. The summed E-state index contributed by atoms with van der Waals surface area (Å²) in [7, 11) is 5.35. The minimum absolute atomic E-state index is 0.280. The molecule has 2 N–H and O–H groups in total. The van der Waals surface area contributed by atoms with Crippen LogP contribution in [0.15, 0.2) is 18.2 Å². The van der Waals surface area contributed by atoms with Crippen molar-refractivity contribution in [3.8, 4) is 0 Å². The molecule has 100 valence electrons. The summed E-state index contributed by atoms with van der Waals surface area (Å²) in [6, 6.07) is 5.12. The largest absolute Gasteiger partial charge is 0.457 e. The van der Waals surface area contributed by atoms with Crippen LogP contribution in [0.1, 0.15) is 17.3 Å². The molecule has 0 fully saturated rings. The van der Waals surface area contributed by atoms with Gasteiger partial charge in [0.15, 0.2) is 0 Å². The third-order valence-electron chi connectivity index (χ3n) is 2.45. The molecule has 0 bridgehead atoms. The van der Waals surface area contributed by atoms with Crippen LogP contribution in [0.3, 0.4) is 0 Å². The first-order chi connectivity index (χ1) is 8.45. The molecule has 18 heavy (non-hydrogen) atoms. The summed E-state index contributed by atoms with van der Waals surface area (Å²) in [6.07, 6.45) is -0.280. The molecule has 0 heterocycles. The van der Waals surface area contributed by atoms with Crippen LogP contribution < -0.4 is 10.6 Å². The number of hydrogen-bond acceptors (Lipinski definition) is 5. The van der Waals surface area contributed by atoms with E-state index >= 15 is 0 Å². The van der Waals surface area contributed by atoms with E-state index in [1.807, 2.05) is 19.0 Å². The van der Waals surface area contributed by atoms with Crippen LogP contribution in [0.2, 0.25) is 0 Å².